The van der Waals surface area contributed by atoms with Crippen LogP contribution in [-0.4, -0.2) is 55.9 Å². The average molecular weight is 370 g/mol. The Morgan fingerprint density at radius 1 is 1.37 bits per heavy atom. The molecule has 0 aromatic carbocycles. The second-order valence-electron chi connectivity index (χ2n) is 7.77. The number of fused-ring (bicyclic) bond motifs is 1. The number of hydrogen-bond acceptors (Lipinski definition) is 5. The van der Waals surface area contributed by atoms with Crippen molar-refractivity contribution in [2.75, 3.05) is 13.1 Å². The Morgan fingerprint density at radius 2 is 2.15 bits per heavy atom. The molecule has 2 aliphatic rings. The summed E-state index contributed by atoms with van der Waals surface area (Å²) in [7, 11) is 0. The number of carbonyl (C=O) groups is 1. The van der Waals surface area contributed by atoms with Crippen molar-refractivity contribution in [3.05, 3.63) is 47.0 Å². The summed E-state index contributed by atoms with van der Waals surface area (Å²) in [6.45, 7) is 5.02. The summed E-state index contributed by atoms with van der Waals surface area (Å²) in [5.74, 6) is -0.0614. The highest BCUT2D eigenvalue weighted by Crippen LogP contribution is 2.32. The van der Waals surface area contributed by atoms with Gasteiger partial charge in [0.1, 0.15) is 0 Å². The van der Waals surface area contributed by atoms with E-state index in [1.807, 2.05) is 32.0 Å². The van der Waals surface area contributed by atoms with Gasteiger partial charge in [0.25, 0.3) is 5.91 Å². The maximum absolute atomic E-state index is 13.0. The van der Waals surface area contributed by atoms with Crippen LogP contribution in [0.1, 0.15) is 60.2 Å². The fraction of sp³-hybridized carbons (Fsp3) is 0.550. The zero-order chi connectivity index (χ0) is 19.0. The van der Waals surface area contributed by atoms with E-state index in [1.165, 1.54) is 0 Å². The van der Waals surface area contributed by atoms with E-state index < -0.39 is 5.60 Å². The number of carbonyl (C=O) groups excluding carboxylic acids is 1. The number of hydrogen-bond donors (Lipinski definition) is 2. The molecule has 0 radical (unpaired) electrons. The highest BCUT2D eigenvalue weighted by atomic mass is 16.5. The lowest BCUT2D eigenvalue weighted by Crippen LogP contribution is -2.48. The molecule has 0 aliphatic carbocycles. The molecule has 0 bridgehead atoms. The van der Waals surface area contributed by atoms with Crippen LogP contribution in [0.15, 0.2) is 24.4 Å². The number of likely N-dealkylation sites (tertiary alicyclic amines) is 1. The highest BCUT2D eigenvalue weighted by molar-refractivity contribution is 5.94. The van der Waals surface area contributed by atoms with Crippen LogP contribution in [0.4, 0.5) is 0 Å². The third-order valence-corrected chi connectivity index (χ3v) is 5.65. The molecule has 2 aromatic rings. The van der Waals surface area contributed by atoms with E-state index in [1.54, 1.807) is 11.1 Å². The summed E-state index contributed by atoms with van der Waals surface area (Å²) in [6.07, 6.45) is 4.01. The summed E-state index contributed by atoms with van der Waals surface area (Å²) < 4.78 is 5.80. The van der Waals surface area contributed by atoms with Crippen LogP contribution < -0.4 is 0 Å². The van der Waals surface area contributed by atoms with Crippen LogP contribution in [0.5, 0.6) is 0 Å². The van der Waals surface area contributed by atoms with Gasteiger partial charge in [0.05, 0.1) is 23.5 Å². The van der Waals surface area contributed by atoms with Gasteiger partial charge in [-0.05, 0) is 38.8 Å². The third kappa shape index (κ3) is 3.61. The fourth-order valence-electron chi connectivity index (χ4n) is 4.14. The normalized spacial score (nSPS) is 24.5. The SMILES string of the molecule is C[C@@H]1Cc2c(C(=O)N3CCC(O)(Cc4ccccn4)CC3)n[nH]c2[C@H](C)O1. The Hall–Kier alpha value is -2.25. The monoisotopic (exact) mass is 370 g/mol. The molecule has 7 nitrogen and oxygen atoms in total. The first kappa shape index (κ1) is 18.1. The number of nitrogens with zero attached hydrogens (tertiary/aromatic N) is 3. The fourth-order valence-corrected chi connectivity index (χ4v) is 4.14. The molecule has 2 N–H and O–H groups in total. The Labute approximate surface area is 158 Å². The van der Waals surface area contributed by atoms with E-state index in [9.17, 15) is 9.90 Å². The molecule has 2 aromatic heterocycles. The van der Waals surface area contributed by atoms with Crippen molar-refractivity contribution in [2.24, 2.45) is 0 Å². The number of ether oxygens (including phenoxy) is 1. The number of piperidine rings is 1. The average Bonchev–Trinajstić information content (AvgIpc) is 3.06. The van der Waals surface area contributed by atoms with E-state index in [0.29, 0.717) is 44.5 Å². The molecule has 0 saturated carbocycles. The van der Waals surface area contributed by atoms with Crippen LogP contribution in [0.3, 0.4) is 0 Å². The lowest BCUT2D eigenvalue weighted by atomic mass is 9.86. The smallest absolute Gasteiger partial charge is 0.274 e. The predicted octanol–water partition coefficient (Wildman–Crippen LogP) is 2.04. The van der Waals surface area contributed by atoms with Gasteiger partial charge < -0.3 is 14.7 Å². The molecule has 0 unspecified atom stereocenters. The Balaban J connectivity index is 1.44. The molecule has 4 rings (SSSR count). The Morgan fingerprint density at radius 3 is 2.85 bits per heavy atom. The molecule has 0 spiro atoms. The van der Waals surface area contributed by atoms with Crippen molar-refractivity contribution in [3.8, 4) is 0 Å². The van der Waals surface area contributed by atoms with Gasteiger partial charge >= 0.3 is 0 Å². The summed E-state index contributed by atoms with van der Waals surface area (Å²) >= 11 is 0. The van der Waals surface area contributed by atoms with E-state index in [0.717, 1.165) is 17.0 Å². The van der Waals surface area contributed by atoms with Crippen LogP contribution >= 0.6 is 0 Å². The van der Waals surface area contributed by atoms with Gasteiger partial charge in [-0.25, -0.2) is 0 Å². The lowest BCUT2D eigenvalue weighted by Gasteiger charge is -2.38. The number of aromatic nitrogens is 3. The molecule has 4 heterocycles. The van der Waals surface area contributed by atoms with Crippen LogP contribution in [0.25, 0.3) is 0 Å². The molecule has 2 atom stereocenters. The standard InChI is InChI=1S/C20H26N4O3/c1-13-11-16-17(14(2)27-13)22-23-18(16)19(25)24-9-6-20(26,7-10-24)12-15-5-3-4-8-21-15/h3-5,8,13-14,26H,6-7,9-12H2,1-2H3,(H,22,23)/t13-,14+/m1/s1. The van der Waals surface area contributed by atoms with Crippen molar-refractivity contribution in [1.29, 1.82) is 0 Å². The lowest BCUT2D eigenvalue weighted by molar-refractivity contribution is -0.0172. The van der Waals surface area contributed by atoms with E-state index >= 15 is 0 Å². The second kappa shape index (κ2) is 7.05. The Kier molecular flexibility index (Phi) is 4.74. The topological polar surface area (TPSA) is 91.3 Å². The number of H-pyrrole nitrogens is 1. The van der Waals surface area contributed by atoms with Crippen molar-refractivity contribution in [3.63, 3.8) is 0 Å². The maximum Gasteiger partial charge on any atom is 0.274 e. The Bertz CT molecular complexity index is 812. The number of pyridine rings is 1. The number of amides is 1. The van der Waals surface area contributed by atoms with Gasteiger partial charge in [-0.1, -0.05) is 6.07 Å². The van der Waals surface area contributed by atoms with Crippen LogP contribution in [-0.2, 0) is 17.6 Å². The van der Waals surface area contributed by atoms with Crippen molar-refractivity contribution >= 4 is 5.91 Å². The maximum atomic E-state index is 13.0. The largest absolute Gasteiger partial charge is 0.389 e. The first-order valence-electron chi connectivity index (χ1n) is 9.59. The van der Waals surface area contributed by atoms with E-state index in [2.05, 4.69) is 15.2 Å². The molecule has 7 heteroatoms. The van der Waals surface area contributed by atoms with Gasteiger partial charge in [-0.3, -0.25) is 14.9 Å². The van der Waals surface area contributed by atoms with Crippen LogP contribution in [0, 0.1) is 0 Å². The molecule has 27 heavy (non-hydrogen) atoms. The number of aliphatic hydroxyl groups is 1. The molecule has 1 fully saturated rings. The number of nitrogens with one attached hydrogen (secondary N) is 1. The molecule has 1 amide bonds. The summed E-state index contributed by atoms with van der Waals surface area (Å²) in [6, 6.07) is 5.72. The third-order valence-electron chi connectivity index (χ3n) is 5.65. The molecular weight excluding hydrogens is 344 g/mol. The van der Waals surface area contributed by atoms with E-state index in [-0.39, 0.29) is 18.1 Å². The van der Waals surface area contributed by atoms with Gasteiger partial charge in [-0.15, -0.1) is 0 Å². The first-order chi connectivity index (χ1) is 13.0. The first-order valence-corrected chi connectivity index (χ1v) is 9.59. The van der Waals surface area contributed by atoms with Gasteiger partial charge in [-0.2, -0.15) is 5.10 Å². The van der Waals surface area contributed by atoms with Crippen molar-refractivity contribution in [1.82, 2.24) is 20.1 Å². The molecule has 2 aliphatic heterocycles. The summed E-state index contributed by atoms with van der Waals surface area (Å²) in [4.78, 5) is 19.1. The van der Waals surface area contributed by atoms with Crippen molar-refractivity contribution in [2.45, 2.75) is 57.3 Å². The predicted molar refractivity (Wildman–Crippen MR) is 99.3 cm³/mol. The quantitative estimate of drug-likeness (QED) is 0.863. The number of aromatic amines is 1. The van der Waals surface area contributed by atoms with Gasteiger partial charge in [0.15, 0.2) is 5.69 Å². The zero-order valence-corrected chi connectivity index (χ0v) is 15.8. The minimum Gasteiger partial charge on any atom is -0.389 e. The minimum atomic E-state index is -0.812. The zero-order valence-electron chi connectivity index (χ0n) is 15.8. The van der Waals surface area contributed by atoms with Gasteiger partial charge in [0, 0.05) is 43.4 Å². The second-order valence-corrected chi connectivity index (χ2v) is 7.77. The molecule has 144 valence electrons. The summed E-state index contributed by atoms with van der Waals surface area (Å²) in [5, 5.41) is 18.2. The van der Waals surface area contributed by atoms with E-state index in [4.69, 9.17) is 4.74 Å². The van der Waals surface area contributed by atoms with Crippen LogP contribution in [0.2, 0.25) is 0 Å². The number of rotatable bonds is 3. The summed E-state index contributed by atoms with van der Waals surface area (Å²) in [5.41, 5.74) is 2.44. The minimum absolute atomic E-state index is 0.0614. The van der Waals surface area contributed by atoms with Crippen molar-refractivity contribution < 1.29 is 14.6 Å². The molecule has 1 saturated heterocycles. The van der Waals surface area contributed by atoms with Gasteiger partial charge in [0.2, 0.25) is 0 Å². The highest BCUT2D eigenvalue weighted by Gasteiger charge is 2.37. The molecular formula is C20H26N4O3.